The van der Waals surface area contributed by atoms with E-state index in [2.05, 4.69) is 43.8 Å². The number of benzene rings is 1. The lowest BCUT2D eigenvalue weighted by atomic mass is 10.2. The average Bonchev–Trinajstić information content (AvgIpc) is 2.12. The second-order valence-electron chi connectivity index (χ2n) is 2.97. The van der Waals surface area contributed by atoms with Crippen LogP contribution in [-0.4, -0.2) is 12.5 Å². The zero-order valence-corrected chi connectivity index (χ0v) is 11.1. The highest BCUT2D eigenvalue weighted by Gasteiger charge is 2.06. The Bertz CT molecular complexity index is 384. The van der Waals surface area contributed by atoms with Crippen molar-refractivity contribution in [3.8, 4) is 0 Å². The van der Waals surface area contributed by atoms with Gasteiger partial charge >= 0.3 is 0 Å². The summed E-state index contributed by atoms with van der Waals surface area (Å²) in [4.78, 5) is 11.6. The van der Waals surface area contributed by atoms with Gasteiger partial charge in [0, 0.05) is 26.8 Å². The monoisotopic (exact) mass is 332 g/mol. The van der Waals surface area contributed by atoms with Crippen LogP contribution in [-0.2, 0) is 0 Å². The molecule has 0 fully saturated rings. The fraction of sp³-hybridized carbons (Fsp3) is 0.100. The molecule has 0 radical (unpaired) electrons. The summed E-state index contributed by atoms with van der Waals surface area (Å²) in [6, 6.07) is 5.07. The molecule has 5 heteroatoms. The highest BCUT2D eigenvalue weighted by atomic mass is 79.9. The fourth-order valence-corrected chi connectivity index (χ4v) is 1.67. The zero-order valence-electron chi connectivity index (χ0n) is 7.89. The minimum Gasteiger partial charge on any atom is -0.399 e. The van der Waals surface area contributed by atoms with E-state index in [0.29, 0.717) is 17.8 Å². The van der Waals surface area contributed by atoms with E-state index in [4.69, 9.17) is 5.73 Å². The van der Waals surface area contributed by atoms with Crippen LogP contribution in [0.15, 0.2) is 33.7 Å². The molecule has 15 heavy (non-hydrogen) atoms. The summed E-state index contributed by atoms with van der Waals surface area (Å²) in [6.07, 6.45) is 0. The Labute approximate surface area is 105 Å². The number of carbonyl (C=O) groups excluding carboxylic acids is 1. The van der Waals surface area contributed by atoms with Gasteiger partial charge in [-0.05, 0) is 18.2 Å². The van der Waals surface area contributed by atoms with Crippen LogP contribution in [0, 0.1) is 0 Å². The van der Waals surface area contributed by atoms with Gasteiger partial charge in [0.1, 0.15) is 0 Å². The van der Waals surface area contributed by atoms with E-state index in [1.807, 2.05) is 0 Å². The molecule has 80 valence electrons. The molecule has 1 aromatic carbocycles. The molecule has 0 aromatic heterocycles. The number of rotatable bonds is 3. The quantitative estimate of drug-likeness (QED) is 0.835. The third kappa shape index (κ3) is 4.05. The van der Waals surface area contributed by atoms with Gasteiger partial charge < -0.3 is 11.1 Å². The van der Waals surface area contributed by atoms with Crippen molar-refractivity contribution in [2.24, 2.45) is 0 Å². The number of halogens is 2. The number of hydrogen-bond donors (Lipinski definition) is 2. The van der Waals surface area contributed by atoms with E-state index in [0.717, 1.165) is 8.96 Å². The van der Waals surface area contributed by atoms with Gasteiger partial charge in [-0.1, -0.05) is 38.4 Å². The fourth-order valence-electron chi connectivity index (χ4n) is 1.02. The topological polar surface area (TPSA) is 55.1 Å². The van der Waals surface area contributed by atoms with Crippen molar-refractivity contribution >= 4 is 43.5 Å². The molecular formula is C10H10Br2N2O. The number of nitrogens with two attached hydrogens (primary N) is 1. The number of amides is 1. The smallest absolute Gasteiger partial charge is 0.251 e. The molecular weight excluding hydrogens is 324 g/mol. The van der Waals surface area contributed by atoms with Crippen molar-refractivity contribution in [1.29, 1.82) is 0 Å². The predicted molar refractivity (Wildman–Crippen MR) is 69.0 cm³/mol. The van der Waals surface area contributed by atoms with Gasteiger partial charge in [0.2, 0.25) is 0 Å². The molecule has 0 unspecified atom stereocenters. The first kappa shape index (κ1) is 12.3. The maximum absolute atomic E-state index is 11.6. The van der Waals surface area contributed by atoms with Crippen LogP contribution in [0.3, 0.4) is 0 Å². The minimum absolute atomic E-state index is 0.177. The van der Waals surface area contributed by atoms with Gasteiger partial charge in [0.25, 0.3) is 5.91 Å². The van der Waals surface area contributed by atoms with Crippen LogP contribution in [0.4, 0.5) is 5.69 Å². The Morgan fingerprint density at radius 1 is 1.47 bits per heavy atom. The highest BCUT2D eigenvalue weighted by Crippen LogP contribution is 2.17. The van der Waals surface area contributed by atoms with Crippen LogP contribution >= 0.6 is 31.9 Å². The van der Waals surface area contributed by atoms with Crippen molar-refractivity contribution in [3.63, 3.8) is 0 Å². The van der Waals surface area contributed by atoms with E-state index in [9.17, 15) is 4.79 Å². The molecule has 0 heterocycles. The average molecular weight is 334 g/mol. The first-order valence-corrected chi connectivity index (χ1v) is 5.75. The number of hydrogen-bond acceptors (Lipinski definition) is 2. The third-order valence-electron chi connectivity index (χ3n) is 1.62. The summed E-state index contributed by atoms with van der Waals surface area (Å²) in [7, 11) is 0. The van der Waals surface area contributed by atoms with Crippen LogP contribution in [0.2, 0.25) is 0 Å². The highest BCUT2D eigenvalue weighted by molar-refractivity contribution is 9.11. The number of nitrogens with one attached hydrogen (secondary N) is 1. The molecule has 0 bridgehead atoms. The molecule has 0 atom stereocenters. The molecule has 1 rings (SSSR count). The molecule has 1 amide bonds. The SMILES string of the molecule is C=C(Br)CNC(=O)c1cc(N)cc(Br)c1. The number of nitrogen functional groups attached to an aromatic ring is 1. The molecule has 0 aliphatic carbocycles. The van der Waals surface area contributed by atoms with E-state index in [1.54, 1.807) is 18.2 Å². The molecule has 0 spiro atoms. The Kier molecular flexibility index (Phi) is 4.35. The Balaban J connectivity index is 2.77. The largest absolute Gasteiger partial charge is 0.399 e. The molecule has 0 aliphatic heterocycles. The molecule has 0 saturated heterocycles. The lowest BCUT2D eigenvalue weighted by Crippen LogP contribution is -2.24. The van der Waals surface area contributed by atoms with Gasteiger partial charge in [0.05, 0.1) is 0 Å². The molecule has 3 nitrogen and oxygen atoms in total. The lowest BCUT2D eigenvalue weighted by molar-refractivity contribution is 0.0958. The summed E-state index contributed by atoms with van der Waals surface area (Å²) >= 11 is 6.44. The van der Waals surface area contributed by atoms with Crippen molar-refractivity contribution in [2.75, 3.05) is 12.3 Å². The first-order chi connectivity index (χ1) is 6.99. The van der Waals surface area contributed by atoms with Crippen LogP contribution in [0.25, 0.3) is 0 Å². The van der Waals surface area contributed by atoms with Crippen LogP contribution < -0.4 is 11.1 Å². The first-order valence-electron chi connectivity index (χ1n) is 4.16. The molecule has 0 aliphatic rings. The third-order valence-corrected chi connectivity index (χ3v) is 2.36. The second kappa shape index (κ2) is 5.32. The van der Waals surface area contributed by atoms with Crippen molar-refractivity contribution < 1.29 is 4.79 Å². The van der Waals surface area contributed by atoms with Crippen LogP contribution in [0.1, 0.15) is 10.4 Å². The Hall–Kier alpha value is -0.810. The van der Waals surface area contributed by atoms with Crippen molar-refractivity contribution in [2.45, 2.75) is 0 Å². The Morgan fingerprint density at radius 3 is 2.67 bits per heavy atom. The van der Waals surface area contributed by atoms with Crippen molar-refractivity contribution in [1.82, 2.24) is 5.32 Å². The van der Waals surface area contributed by atoms with Crippen LogP contribution in [0.5, 0.6) is 0 Å². The summed E-state index contributed by atoms with van der Waals surface area (Å²) in [5.41, 5.74) is 6.69. The van der Waals surface area contributed by atoms with E-state index in [-0.39, 0.29) is 5.91 Å². The predicted octanol–water partition coefficient (Wildman–Crippen LogP) is 2.67. The lowest BCUT2D eigenvalue weighted by Gasteiger charge is -2.05. The normalized spacial score (nSPS) is 9.73. The zero-order chi connectivity index (χ0) is 11.4. The number of anilines is 1. The Morgan fingerprint density at radius 2 is 2.13 bits per heavy atom. The van der Waals surface area contributed by atoms with E-state index in [1.165, 1.54) is 0 Å². The summed E-state index contributed by atoms with van der Waals surface area (Å²) in [5, 5.41) is 2.69. The number of carbonyl (C=O) groups is 1. The molecule has 0 saturated carbocycles. The summed E-state index contributed by atoms with van der Waals surface area (Å²) < 4.78 is 1.50. The molecule has 3 N–H and O–H groups in total. The van der Waals surface area contributed by atoms with E-state index < -0.39 is 0 Å². The van der Waals surface area contributed by atoms with Gasteiger partial charge in [-0.2, -0.15) is 0 Å². The maximum atomic E-state index is 11.6. The van der Waals surface area contributed by atoms with E-state index >= 15 is 0 Å². The standard InChI is InChI=1S/C10H10Br2N2O/c1-6(11)5-14-10(15)7-2-8(12)4-9(13)3-7/h2-4H,1,5,13H2,(H,14,15). The molecule has 1 aromatic rings. The minimum atomic E-state index is -0.177. The van der Waals surface area contributed by atoms with Gasteiger partial charge in [-0.25, -0.2) is 0 Å². The van der Waals surface area contributed by atoms with Gasteiger partial charge in [-0.15, -0.1) is 0 Å². The second-order valence-corrected chi connectivity index (χ2v) is 5.01. The van der Waals surface area contributed by atoms with Crippen molar-refractivity contribution in [3.05, 3.63) is 39.3 Å². The summed E-state index contributed by atoms with van der Waals surface area (Å²) in [5.74, 6) is -0.177. The summed E-state index contributed by atoms with van der Waals surface area (Å²) in [6.45, 7) is 4.02. The van der Waals surface area contributed by atoms with Gasteiger partial charge in [-0.3, -0.25) is 4.79 Å². The maximum Gasteiger partial charge on any atom is 0.251 e. The van der Waals surface area contributed by atoms with Gasteiger partial charge in [0.15, 0.2) is 0 Å².